The normalized spacial score (nSPS) is 10.8. The summed E-state index contributed by atoms with van der Waals surface area (Å²) in [5.41, 5.74) is 1.98. The van der Waals surface area contributed by atoms with E-state index in [1.54, 1.807) is 54.6 Å². The van der Waals surface area contributed by atoms with Gasteiger partial charge in [-0.2, -0.15) is 0 Å². The molecule has 28 heavy (non-hydrogen) atoms. The highest BCUT2D eigenvalue weighted by Crippen LogP contribution is 2.30. The molecule has 0 aliphatic carbocycles. The minimum Gasteiger partial charge on any atom is -0.456 e. The van der Waals surface area contributed by atoms with Crippen LogP contribution in [-0.2, 0) is 0 Å². The maximum Gasteiger partial charge on any atom is 0.291 e. The number of hydrogen-bond donors (Lipinski definition) is 1. The van der Waals surface area contributed by atoms with Crippen molar-refractivity contribution in [1.82, 2.24) is 0 Å². The van der Waals surface area contributed by atoms with Crippen molar-refractivity contribution < 1.29 is 13.9 Å². The summed E-state index contributed by atoms with van der Waals surface area (Å²) in [4.78, 5) is 12.6. The van der Waals surface area contributed by atoms with Crippen LogP contribution in [0, 0.1) is 6.92 Å². The third-order valence-corrected chi connectivity index (χ3v) is 4.83. The lowest BCUT2D eigenvalue weighted by Gasteiger charge is -2.09. The monoisotopic (exact) mass is 411 g/mol. The molecule has 0 atom stereocenters. The molecule has 1 amide bonds. The van der Waals surface area contributed by atoms with Crippen molar-refractivity contribution >= 4 is 45.8 Å². The van der Waals surface area contributed by atoms with Crippen LogP contribution in [0.4, 0.5) is 5.69 Å². The number of ether oxygens (including phenoxy) is 1. The van der Waals surface area contributed by atoms with Gasteiger partial charge in [0.25, 0.3) is 5.91 Å². The zero-order chi connectivity index (χ0) is 19.7. The Balaban J connectivity index is 1.51. The van der Waals surface area contributed by atoms with Gasteiger partial charge in [-0.3, -0.25) is 4.79 Å². The summed E-state index contributed by atoms with van der Waals surface area (Å²) < 4.78 is 11.4. The molecule has 1 N–H and O–H groups in total. The lowest BCUT2D eigenvalue weighted by molar-refractivity contribution is 0.0998. The van der Waals surface area contributed by atoms with Crippen molar-refractivity contribution in [3.63, 3.8) is 0 Å². The first-order valence-corrected chi connectivity index (χ1v) is 9.29. The molecule has 0 aliphatic rings. The molecule has 140 valence electrons. The van der Waals surface area contributed by atoms with Gasteiger partial charge in [-0.15, -0.1) is 0 Å². The van der Waals surface area contributed by atoms with Crippen molar-refractivity contribution in [1.29, 1.82) is 0 Å². The smallest absolute Gasteiger partial charge is 0.291 e. The van der Waals surface area contributed by atoms with Crippen LogP contribution in [0.15, 0.2) is 71.1 Å². The fourth-order valence-corrected chi connectivity index (χ4v) is 3.20. The van der Waals surface area contributed by atoms with Crippen molar-refractivity contribution in [2.45, 2.75) is 6.92 Å². The number of aryl methyl sites for hydroxylation is 1. The zero-order valence-electron chi connectivity index (χ0n) is 14.8. The second-order valence-electron chi connectivity index (χ2n) is 6.21. The summed E-state index contributed by atoms with van der Waals surface area (Å²) in [6, 6.07) is 19.5. The minimum atomic E-state index is -0.329. The van der Waals surface area contributed by atoms with E-state index in [1.165, 1.54) is 0 Å². The van der Waals surface area contributed by atoms with Gasteiger partial charge in [-0.25, -0.2) is 0 Å². The third kappa shape index (κ3) is 3.70. The van der Waals surface area contributed by atoms with Crippen LogP contribution < -0.4 is 10.1 Å². The van der Waals surface area contributed by atoms with E-state index in [0.29, 0.717) is 32.8 Å². The summed E-state index contributed by atoms with van der Waals surface area (Å²) in [6.45, 7) is 1.83. The average Bonchev–Trinajstić information content (AvgIpc) is 3.01. The molecule has 0 saturated heterocycles. The lowest BCUT2D eigenvalue weighted by atomic mass is 10.1. The van der Waals surface area contributed by atoms with Crippen molar-refractivity contribution in [3.05, 3.63) is 88.1 Å². The Morgan fingerprint density at radius 3 is 2.50 bits per heavy atom. The van der Waals surface area contributed by atoms with Gasteiger partial charge in [-0.05, 0) is 61.5 Å². The molecule has 0 radical (unpaired) electrons. The number of fused-ring (bicyclic) bond motifs is 1. The molecule has 3 aromatic carbocycles. The molecule has 6 heteroatoms. The predicted octanol–water partition coefficient (Wildman–Crippen LogP) is 7.09. The third-order valence-electron chi connectivity index (χ3n) is 4.28. The topological polar surface area (TPSA) is 51.5 Å². The number of amides is 1. The van der Waals surface area contributed by atoms with Gasteiger partial charge in [0.15, 0.2) is 5.76 Å². The van der Waals surface area contributed by atoms with Crippen LogP contribution in [0.25, 0.3) is 11.0 Å². The molecular formula is C22H15Cl2NO3. The number of benzene rings is 3. The molecule has 4 rings (SSSR count). The highest BCUT2D eigenvalue weighted by atomic mass is 35.5. The van der Waals surface area contributed by atoms with Crippen LogP contribution in [-0.4, -0.2) is 5.91 Å². The second-order valence-corrected chi connectivity index (χ2v) is 7.05. The number of hydrogen-bond acceptors (Lipinski definition) is 3. The van der Waals surface area contributed by atoms with Gasteiger partial charge in [0.2, 0.25) is 0 Å². The van der Waals surface area contributed by atoms with E-state index in [4.69, 9.17) is 32.4 Å². The predicted molar refractivity (Wildman–Crippen MR) is 112 cm³/mol. The fourth-order valence-electron chi connectivity index (χ4n) is 2.86. The Kier molecular flexibility index (Phi) is 4.99. The van der Waals surface area contributed by atoms with Gasteiger partial charge in [0.05, 0.1) is 5.02 Å². The summed E-state index contributed by atoms with van der Waals surface area (Å²) in [5, 5.41) is 4.77. The maximum atomic E-state index is 12.6. The Bertz CT molecular complexity index is 1170. The highest BCUT2D eigenvalue weighted by Gasteiger charge is 2.18. The number of nitrogens with one attached hydrogen (secondary N) is 1. The van der Waals surface area contributed by atoms with Crippen LogP contribution in [0.1, 0.15) is 16.1 Å². The van der Waals surface area contributed by atoms with Crippen LogP contribution in [0.5, 0.6) is 11.5 Å². The summed E-state index contributed by atoms with van der Waals surface area (Å²) >= 11 is 12.1. The van der Waals surface area contributed by atoms with Crippen LogP contribution >= 0.6 is 23.2 Å². The first-order valence-electron chi connectivity index (χ1n) is 8.54. The van der Waals surface area contributed by atoms with E-state index in [1.807, 2.05) is 19.1 Å². The quantitative estimate of drug-likeness (QED) is 0.389. The summed E-state index contributed by atoms with van der Waals surface area (Å²) in [6.07, 6.45) is 0. The van der Waals surface area contributed by atoms with Gasteiger partial charge >= 0.3 is 0 Å². The minimum absolute atomic E-state index is 0.258. The molecule has 1 aromatic heterocycles. The number of para-hydroxylation sites is 1. The molecule has 4 aromatic rings. The number of carbonyl (C=O) groups is 1. The molecular weight excluding hydrogens is 397 g/mol. The number of anilines is 1. The average molecular weight is 412 g/mol. The van der Waals surface area contributed by atoms with Gasteiger partial charge in [0, 0.05) is 21.7 Å². The van der Waals surface area contributed by atoms with Crippen LogP contribution in [0.2, 0.25) is 10.0 Å². The number of halogens is 2. The Morgan fingerprint density at radius 1 is 1.00 bits per heavy atom. The maximum absolute atomic E-state index is 12.6. The van der Waals surface area contributed by atoms with Crippen molar-refractivity contribution in [2.75, 3.05) is 5.32 Å². The fraction of sp³-hybridized carbons (Fsp3) is 0.0455. The molecule has 0 fully saturated rings. The first-order chi connectivity index (χ1) is 13.5. The van der Waals surface area contributed by atoms with E-state index >= 15 is 0 Å². The van der Waals surface area contributed by atoms with E-state index in [2.05, 4.69) is 5.32 Å². The zero-order valence-corrected chi connectivity index (χ0v) is 16.3. The van der Waals surface area contributed by atoms with E-state index < -0.39 is 0 Å². The molecule has 0 saturated carbocycles. The van der Waals surface area contributed by atoms with Crippen molar-refractivity contribution in [2.24, 2.45) is 0 Å². The van der Waals surface area contributed by atoms with Gasteiger partial charge < -0.3 is 14.5 Å². The van der Waals surface area contributed by atoms with Gasteiger partial charge in [-0.1, -0.05) is 35.3 Å². The highest BCUT2D eigenvalue weighted by molar-refractivity contribution is 6.32. The van der Waals surface area contributed by atoms with E-state index in [9.17, 15) is 4.79 Å². The van der Waals surface area contributed by atoms with Crippen LogP contribution in [0.3, 0.4) is 0 Å². The largest absolute Gasteiger partial charge is 0.456 e. The van der Waals surface area contributed by atoms with E-state index in [0.717, 1.165) is 10.9 Å². The Labute approximate surface area is 171 Å². The second kappa shape index (κ2) is 7.58. The lowest BCUT2D eigenvalue weighted by Crippen LogP contribution is -2.11. The first kappa shape index (κ1) is 18.4. The molecule has 0 aliphatic heterocycles. The summed E-state index contributed by atoms with van der Waals surface area (Å²) in [7, 11) is 0. The van der Waals surface area contributed by atoms with Gasteiger partial charge in [0.1, 0.15) is 17.1 Å². The molecule has 4 nitrogen and oxygen atoms in total. The molecule has 0 bridgehead atoms. The number of carbonyl (C=O) groups excluding carboxylic acids is 1. The SMILES string of the molecule is Cc1c(C(=O)Nc2ccc(Oc3ccccc3Cl)cc2)oc2ccc(Cl)cc12. The van der Waals surface area contributed by atoms with Crippen molar-refractivity contribution in [3.8, 4) is 11.5 Å². The summed E-state index contributed by atoms with van der Waals surface area (Å²) in [5.74, 6) is 1.11. The van der Waals surface area contributed by atoms with E-state index in [-0.39, 0.29) is 11.7 Å². The standard InChI is InChI=1S/C22H15Cl2NO3/c1-13-17-12-14(23)6-11-19(17)28-21(13)22(26)25-15-7-9-16(10-8-15)27-20-5-3-2-4-18(20)24/h2-12H,1H3,(H,25,26). The Morgan fingerprint density at radius 2 is 1.75 bits per heavy atom. The number of furan rings is 1. The molecule has 1 heterocycles. The Hall–Kier alpha value is -2.95. The molecule has 0 unspecified atom stereocenters. The molecule has 0 spiro atoms. The number of rotatable bonds is 4.